The molecule has 2 aliphatic heterocycles. The number of piperazine rings is 1. The summed E-state index contributed by atoms with van der Waals surface area (Å²) in [6, 6.07) is 9.53. The van der Waals surface area contributed by atoms with Crippen molar-refractivity contribution in [2.24, 2.45) is 0 Å². The second-order valence-electron chi connectivity index (χ2n) is 9.72. The lowest BCUT2D eigenvalue weighted by atomic mass is 10.1. The summed E-state index contributed by atoms with van der Waals surface area (Å²) in [5.74, 6) is 0.253. The lowest BCUT2D eigenvalue weighted by Crippen LogP contribution is -2.50. The number of hydrogen-bond donors (Lipinski definition) is 0. The van der Waals surface area contributed by atoms with Crippen LogP contribution in [0.5, 0.6) is 5.75 Å². The summed E-state index contributed by atoms with van der Waals surface area (Å²) in [6.07, 6.45) is 2.40. The van der Waals surface area contributed by atoms with E-state index in [0.29, 0.717) is 60.9 Å². The van der Waals surface area contributed by atoms with Gasteiger partial charge in [0.15, 0.2) is 0 Å². The molecule has 2 fully saturated rings. The standard InChI is InChI=1S/C27H36FN3O5S/c1-20-16-25(35-3)17-21(2)27(20)37(33,34)31-11-5-4-6-24(31)18-36-19-26(32)30-14-12-29(13-15-30)23-9-7-22(28)8-10-23/h7-10,16-17,24H,4-6,11-15,18-19H2,1-3H3. The molecule has 4 rings (SSSR count). The minimum absolute atomic E-state index is 0.0818. The van der Waals surface area contributed by atoms with E-state index in [1.807, 2.05) is 0 Å². The SMILES string of the molecule is COc1cc(C)c(S(=O)(=O)N2CCCCC2COCC(=O)N2CCN(c3ccc(F)cc3)CC2)c(C)c1. The molecule has 0 saturated carbocycles. The number of methoxy groups -OCH3 is 1. The summed E-state index contributed by atoms with van der Waals surface area (Å²) in [5, 5.41) is 0. The Morgan fingerprint density at radius 1 is 1.00 bits per heavy atom. The van der Waals surface area contributed by atoms with E-state index < -0.39 is 10.0 Å². The molecule has 1 atom stereocenters. The van der Waals surface area contributed by atoms with E-state index in [1.54, 1.807) is 54.4 Å². The Hall–Kier alpha value is -2.69. The summed E-state index contributed by atoms with van der Waals surface area (Å²) < 4.78 is 53.2. The first-order valence-electron chi connectivity index (χ1n) is 12.7. The molecular weight excluding hydrogens is 497 g/mol. The fraction of sp³-hybridized carbons (Fsp3) is 0.519. The van der Waals surface area contributed by atoms with Gasteiger partial charge in [-0.3, -0.25) is 4.79 Å². The van der Waals surface area contributed by atoms with Crippen LogP contribution in [0.3, 0.4) is 0 Å². The van der Waals surface area contributed by atoms with Crippen LogP contribution in [0, 0.1) is 19.7 Å². The summed E-state index contributed by atoms with van der Waals surface area (Å²) >= 11 is 0. The molecule has 2 saturated heterocycles. The van der Waals surface area contributed by atoms with Crippen LogP contribution in [0.1, 0.15) is 30.4 Å². The van der Waals surface area contributed by atoms with Gasteiger partial charge in [0.05, 0.1) is 18.6 Å². The largest absolute Gasteiger partial charge is 0.497 e. The van der Waals surface area contributed by atoms with Crippen LogP contribution < -0.4 is 9.64 Å². The maximum Gasteiger partial charge on any atom is 0.248 e. The maximum atomic E-state index is 13.7. The molecule has 0 radical (unpaired) electrons. The Kier molecular flexibility index (Phi) is 8.71. The van der Waals surface area contributed by atoms with E-state index in [0.717, 1.165) is 18.5 Å². The summed E-state index contributed by atoms with van der Waals surface area (Å²) in [7, 11) is -2.17. The number of carbonyl (C=O) groups excluding carboxylic acids is 1. The first-order chi connectivity index (χ1) is 17.7. The van der Waals surface area contributed by atoms with Gasteiger partial charge >= 0.3 is 0 Å². The van der Waals surface area contributed by atoms with E-state index >= 15 is 0 Å². The lowest BCUT2D eigenvalue weighted by Gasteiger charge is -2.37. The third kappa shape index (κ3) is 6.25. The summed E-state index contributed by atoms with van der Waals surface area (Å²) in [6.45, 7) is 6.52. The second kappa shape index (κ2) is 11.8. The van der Waals surface area contributed by atoms with Gasteiger partial charge in [-0.2, -0.15) is 4.31 Å². The van der Waals surface area contributed by atoms with Gasteiger partial charge in [-0.1, -0.05) is 6.42 Å². The number of anilines is 1. The Morgan fingerprint density at radius 2 is 1.65 bits per heavy atom. The first-order valence-corrected chi connectivity index (χ1v) is 14.2. The maximum absolute atomic E-state index is 13.7. The van der Waals surface area contributed by atoms with E-state index in [-0.39, 0.29) is 31.0 Å². The highest BCUT2D eigenvalue weighted by atomic mass is 32.2. The van der Waals surface area contributed by atoms with Gasteiger partial charge in [0.25, 0.3) is 0 Å². The van der Waals surface area contributed by atoms with Crippen LogP contribution in [-0.4, -0.2) is 82.6 Å². The van der Waals surface area contributed by atoms with Crippen LogP contribution in [0.2, 0.25) is 0 Å². The molecule has 2 aromatic rings. The normalized spacial score (nSPS) is 19.2. The van der Waals surface area contributed by atoms with Crippen molar-refractivity contribution in [1.29, 1.82) is 0 Å². The predicted octanol–water partition coefficient (Wildman–Crippen LogP) is 3.36. The molecule has 0 aromatic heterocycles. The van der Waals surface area contributed by atoms with Gasteiger partial charge in [-0.05, 0) is 74.2 Å². The molecule has 0 N–H and O–H groups in total. The van der Waals surface area contributed by atoms with Gasteiger partial charge in [0, 0.05) is 44.5 Å². The molecule has 0 spiro atoms. The van der Waals surface area contributed by atoms with E-state index in [9.17, 15) is 17.6 Å². The number of hydrogen-bond acceptors (Lipinski definition) is 6. The number of aryl methyl sites for hydroxylation is 2. The molecule has 0 aliphatic carbocycles. The quantitative estimate of drug-likeness (QED) is 0.518. The smallest absolute Gasteiger partial charge is 0.248 e. The lowest BCUT2D eigenvalue weighted by molar-refractivity contribution is -0.137. The van der Waals surface area contributed by atoms with Crippen molar-refractivity contribution < 1.29 is 27.1 Å². The van der Waals surface area contributed by atoms with E-state index in [2.05, 4.69) is 4.90 Å². The molecule has 1 amide bonds. The van der Waals surface area contributed by atoms with E-state index in [1.165, 1.54) is 12.1 Å². The molecule has 10 heteroatoms. The number of benzene rings is 2. The van der Waals surface area contributed by atoms with Crippen molar-refractivity contribution in [3.05, 3.63) is 53.3 Å². The molecule has 1 unspecified atom stereocenters. The number of amides is 1. The molecular formula is C27H36FN3O5S. The zero-order valence-corrected chi connectivity index (χ0v) is 22.6. The highest BCUT2D eigenvalue weighted by Crippen LogP contribution is 2.32. The van der Waals surface area contributed by atoms with Crippen molar-refractivity contribution in [2.75, 3.05) is 57.9 Å². The van der Waals surface area contributed by atoms with Crippen LogP contribution in [0.4, 0.5) is 10.1 Å². The van der Waals surface area contributed by atoms with Crippen LogP contribution in [-0.2, 0) is 19.6 Å². The molecule has 202 valence electrons. The number of nitrogens with zero attached hydrogens (tertiary/aromatic N) is 3. The third-order valence-electron chi connectivity index (χ3n) is 7.17. The van der Waals surface area contributed by atoms with Gasteiger partial charge in [-0.15, -0.1) is 0 Å². The van der Waals surface area contributed by atoms with Gasteiger partial charge in [0.2, 0.25) is 15.9 Å². The highest BCUT2D eigenvalue weighted by molar-refractivity contribution is 7.89. The zero-order valence-electron chi connectivity index (χ0n) is 21.8. The first kappa shape index (κ1) is 27.3. The highest BCUT2D eigenvalue weighted by Gasteiger charge is 2.36. The average molecular weight is 534 g/mol. The Balaban J connectivity index is 1.33. The Bertz CT molecular complexity index is 1170. The summed E-state index contributed by atoms with van der Waals surface area (Å²) in [5.41, 5.74) is 2.24. The molecule has 8 nitrogen and oxygen atoms in total. The minimum Gasteiger partial charge on any atom is -0.497 e. The van der Waals surface area contributed by atoms with Crippen molar-refractivity contribution in [3.8, 4) is 5.75 Å². The number of rotatable bonds is 8. The number of ether oxygens (including phenoxy) is 2. The number of carbonyl (C=O) groups is 1. The number of halogens is 1. The van der Waals surface area contributed by atoms with Crippen LogP contribution >= 0.6 is 0 Å². The second-order valence-corrected chi connectivity index (χ2v) is 11.5. The van der Waals surface area contributed by atoms with Crippen LogP contribution in [0.25, 0.3) is 0 Å². The van der Waals surface area contributed by atoms with Crippen molar-refractivity contribution in [2.45, 2.75) is 44.0 Å². The Morgan fingerprint density at radius 3 is 2.27 bits per heavy atom. The molecule has 0 bridgehead atoms. The fourth-order valence-corrected chi connectivity index (χ4v) is 7.34. The van der Waals surface area contributed by atoms with Gasteiger partial charge in [0.1, 0.15) is 18.2 Å². The van der Waals surface area contributed by atoms with Gasteiger partial charge in [-0.25, -0.2) is 12.8 Å². The summed E-state index contributed by atoms with van der Waals surface area (Å²) in [4.78, 5) is 17.0. The number of sulfonamides is 1. The predicted molar refractivity (Wildman–Crippen MR) is 140 cm³/mol. The Labute approximate surface area is 219 Å². The molecule has 37 heavy (non-hydrogen) atoms. The number of piperidine rings is 1. The third-order valence-corrected chi connectivity index (χ3v) is 9.43. The van der Waals surface area contributed by atoms with Crippen LogP contribution in [0.15, 0.2) is 41.3 Å². The van der Waals surface area contributed by atoms with Crippen molar-refractivity contribution in [1.82, 2.24) is 9.21 Å². The monoisotopic (exact) mass is 533 g/mol. The van der Waals surface area contributed by atoms with Crippen molar-refractivity contribution in [3.63, 3.8) is 0 Å². The van der Waals surface area contributed by atoms with Gasteiger partial charge < -0.3 is 19.3 Å². The van der Waals surface area contributed by atoms with E-state index in [4.69, 9.17) is 9.47 Å². The average Bonchev–Trinajstić information content (AvgIpc) is 2.88. The topological polar surface area (TPSA) is 79.4 Å². The van der Waals surface area contributed by atoms with Crippen molar-refractivity contribution >= 4 is 21.6 Å². The molecule has 2 aromatic carbocycles. The molecule has 2 heterocycles. The minimum atomic E-state index is -3.73. The fourth-order valence-electron chi connectivity index (χ4n) is 5.25. The zero-order chi connectivity index (χ0) is 26.6. The molecule has 2 aliphatic rings.